The van der Waals surface area contributed by atoms with Crippen LogP contribution >= 0.6 is 0 Å². The Morgan fingerprint density at radius 3 is 2.83 bits per heavy atom. The lowest BCUT2D eigenvalue weighted by Gasteiger charge is -2.17. The van der Waals surface area contributed by atoms with Crippen molar-refractivity contribution in [3.63, 3.8) is 0 Å². The number of aromatic nitrogens is 1. The number of rotatable bonds is 10. The molecule has 1 aromatic heterocycles. The van der Waals surface area contributed by atoms with Crippen molar-refractivity contribution in [3.8, 4) is 0 Å². The van der Waals surface area contributed by atoms with E-state index < -0.39 is 0 Å². The number of anilines is 1. The molecule has 0 aliphatic carbocycles. The summed E-state index contributed by atoms with van der Waals surface area (Å²) >= 11 is 0. The monoisotopic (exact) mass is 334 g/mol. The number of amides is 2. The number of hydrogen-bond donors (Lipinski definition) is 2. The van der Waals surface area contributed by atoms with Crippen molar-refractivity contribution in [2.75, 3.05) is 37.7 Å². The van der Waals surface area contributed by atoms with Crippen LogP contribution in [0.3, 0.4) is 0 Å². The van der Waals surface area contributed by atoms with Gasteiger partial charge in [0.2, 0.25) is 0 Å². The molecule has 1 aromatic rings. The average molecular weight is 334 g/mol. The first-order chi connectivity index (χ1) is 11.8. The van der Waals surface area contributed by atoms with E-state index in [1.165, 1.54) is 12.8 Å². The summed E-state index contributed by atoms with van der Waals surface area (Å²) < 4.78 is 5.46. The molecule has 0 atom stereocenters. The molecule has 0 radical (unpaired) electrons. The van der Waals surface area contributed by atoms with Gasteiger partial charge in [0.1, 0.15) is 5.82 Å². The van der Waals surface area contributed by atoms with Crippen molar-refractivity contribution in [2.45, 2.75) is 45.6 Å². The Morgan fingerprint density at radius 2 is 2.04 bits per heavy atom. The van der Waals surface area contributed by atoms with Gasteiger partial charge in [-0.1, -0.05) is 13.3 Å². The lowest BCUT2D eigenvalue weighted by Crippen LogP contribution is -2.36. The fraction of sp³-hybridized carbons (Fsp3) is 0.667. The zero-order valence-corrected chi connectivity index (χ0v) is 14.7. The van der Waals surface area contributed by atoms with Crippen molar-refractivity contribution in [1.29, 1.82) is 0 Å². The maximum absolute atomic E-state index is 11.8. The van der Waals surface area contributed by atoms with Crippen LogP contribution in [0.4, 0.5) is 10.6 Å². The minimum Gasteiger partial charge on any atom is -0.381 e. The molecule has 6 nitrogen and oxygen atoms in total. The molecule has 2 heterocycles. The second-order valence-electron chi connectivity index (χ2n) is 6.15. The minimum atomic E-state index is -0.136. The number of nitrogens with one attached hydrogen (secondary N) is 2. The van der Waals surface area contributed by atoms with E-state index in [-0.39, 0.29) is 6.03 Å². The van der Waals surface area contributed by atoms with E-state index in [1.807, 2.05) is 12.3 Å². The molecule has 0 bridgehead atoms. The Bertz CT molecular complexity index is 490. The van der Waals surface area contributed by atoms with Crippen LogP contribution in [0.25, 0.3) is 0 Å². The van der Waals surface area contributed by atoms with Crippen molar-refractivity contribution in [3.05, 3.63) is 23.9 Å². The van der Waals surface area contributed by atoms with Gasteiger partial charge in [0, 0.05) is 45.6 Å². The smallest absolute Gasteiger partial charge is 0.315 e. The van der Waals surface area contributed by atoms with Crippen LogP contribution in [0, 0.1) is 0 Å². The fourth-order valence-corrected chi connectivity index (χ4v) is 2.66. The van der Waals surface area contributed by atoms with E-state index in [0.717, 1.165) is 50.3 Å². The summed E-state index contributed by atoms with van der Waals surface area (Å²) in [7, 11) is 0. The van der Waals surface area contributed by atoms with E-state index in [9.17, 15) is 4.79 Å². The summed E-state index contributed by atoms with van der Waals surface area (Å²) in [4.78, 5) is 18.5. The third kappa shape index (κ3) is 6.74. The molecule has 0 aromatic carbocycles. The molecule has 2 N–H and O–H groups in total. The number of carbonyl (C=O) groups excluding carboxylic acids is 1. The topological polar surface area (TPSA) is 66.5 Å². The van der Waals surface area contributed by atoms with Gasteiger partial charge in [-0.2, -0.15) is 0 Å². The summed E-state index contributed by atoms with van der Waals surface area (Å²) in [6.45, 7) is 6.95. The zero-order chi connectivity index (χ0) is 17.0. The lowest BCUT2D eigenvalue weighted by atomic mass is 10.2. The van der Waals surface area contributed by atoms with Gasteiger partial charge in [0.15, 0.2) is 0 Å². The number of hydrogen-bond acceptors (Lipinski definition) is 4. The van der Waals surface area contributed by atoms with Gasteiger partial charge >= 0.3 is 6.03 Å². The maximum Gasteiger partial charge on any atom is 0.315 e. The third-order valence-corrected chi connectivity index (χ3v) is 4.09. The Balaban J connectivity index is 1.60. The van der Waals surface area contributed by atoms with Crippen LogP contribution in [0.2, 0.25) is 0 Å². The highest BCUT2D eigenvalue weighted by Gasteiger charge is 2.13. The average Bonchev–Trinajstić information content (AvgIpc) is 3.14. The van der Waals surface area contributed by atoms with Crippen molar-refractivity contribution < 1.29 is 9.53 Å². The molecule has 1 aliphatic heterocycles. The van der Waals surface area contributed by atoms with Crippen LogP contribution in [0.15, 0.2) is 18.3 Å². The van der Waals surface area contributed by atoms with Crippen molar-refractivity contribution in [1.82, 2.24) is 15.6 Å². The molecule has 2 amide bonds. The number of carbonyl (C=O) groups is 1. The van der Waals surface area contributed by atoms with Crippen molar-refractivity contribution in [2.24, 2.45) is 0 Å². The predicted molar refractivity (Wildman–Crippen MR) is 96.3 cm³/mol. The third-order valence-electron chi connectivity index (χ3n) is 4.09. The fourth-order valence-electron chi connectivity index (χ4n) is 2.66. The van der Waals surface area contributed by atoms with Crippen LogP contribution in [0.1, 0.15) is 44.6 Å². The molecule has 2 rings (SSSR count). The van der Waals surface area contributed by atoms with Gasteiger partial charge in [0.05, 0.1) is 0 Å². The van der Waals surface area contributed by atoms with Crippen molar-refractivity contribution >= 4 is 11.8 Å². The molecule has 134 valence electrons. The Hall–Kier alpha value is -1.82. The van der Waals surface area contributed by atoms with Crippen LogP contribution < -0.4 is 15.5 Å². The SMILES string of the molecule is CCCCOCCCNC(=O)NCc1ccnc(N2CCCC2)c1. The summed E-state index contributed by atoms with van der Waals surface area (Å²) in [6, 6.07) is 3.87. The Morgan fingerprint density at radius 1 is 1.25 bits per heavy atom. The summed E-state index contributed by atoms with van der Waals surface area (Å²) in [5.41, 5.74) is 1.07. The Kier molecular flexibility index (Phi) is 8.38. The number of ether oxygens (including phenoxy) is 1. The highest BCUT2D eigenvalue weighted by atomic mass is 16.5. The summed E-state index contributed by atoms with van der Waals surface area (Å²) in [5, 5.41) is 5.75. The second kappa shape index (κ2) is 10.9. The molecule has 6 heteroatoms. The molecular formula is C18H30N4O2. The van der Waals surface area contributed by atoms with Gasteiger partial charge in [-0.15, -0.1) is 0 Å². The van der Waals surface area contributed by atoms with Gasteiger partial charge in [-0.3, -0.25) is 0 Å². The predicted octanol–water partition coefficient (Wildman–Crippen LogP) is 2.69. The van der Waals surface area contributed by atoms with E-state index in [2.05, 4.69) is 33.5 Å². The van der Waals surface area contributed by atoms with Gasteiger partial charge in [-0.05, 0) is 43.4 Å². The van der Waals surface area contributed by atoms with Crippen LogP contribution in [-0.4, -0.2) is 43.9 Å². The standard InChI is InChI=1S/C18H30N4O2/c1-2-3-12-24-13-6-8-20-18(23)21-15-16-7-9-19-17(14-16)22-10-4-5-11-22/h7,9,14H,2-6,8,10-13,15H2,1H3,(H2,20,21,23). The molecular weight excluding hydrogens is 304 g/mol. The van der Waals surface area contributed by atoms with Gasteiger partial charge in [-0.25, -0.2) is 9.78 Å². The van der Waals surface area contributed by atoms with E-state index in [4.69, 9.17) is 4.74 Å². The van der Waals surface area contributed by atoms with Crippen LogP contribution in [-0.2, 0) is 11.3 Å². The summed E-state index contributed by atoms with van der Waals surface area (Å²) in [6.07, 6.45) is 7.36. The van der Waals surface area contributed by atoms with Gasteiger partial charge in [0.25, 0.3) is 0 Å². The van der Waals surface area contributed by atoms with E-state index in [0.29, 0.717) is 19.7 Å². The Labute approximate surface area is 145 Å². The minimum absolute atomic E-state index is 0.136. The largest absolute Gasteiger partial charge is 0.381 e. The lowest BCUT2D eigenvalue weighted by molar-refractivity contribution is 0.129. The summed E-state index contributed by atoms with van der Waals surface area (Å²) in [5.74, 6) is 1.01. The maximum atomic E-state index is 11.8. The zero-order valence-electron chi connectivity index (χ0n) is 14.7. The number of urea groups is 1. The number of pyridine rings is 1. The quantitative estimate of drug-likeness (QED) is 0.646. The second-order valence-corrected chi connectivity index (χ2v) is 6.15. The molecule has 1 aliphatic rings. The van der Waals surface area contributed by atoms with E-state index in [1.54, 1.807) is 0 Å². The first-order valence-electron chi connectivity index (χ1n) is 9.09. The number of nitrogens with zero attached hydrogens (tertiary/aromatic N) is 2. The van der Waals surface area contributed by atoms with Gasteiger partial charge < -0.3 is 20.3 Å². The highest BCUT2D eigenvalue weighted by Crippen LogP contribution is 2.18. The molecule has 0 saturated carbocycles. The molecule has 1 saturated heterocycles. The molecule has 24 heavy (non-hydrogen) atoms. The van der Waals surface area contributed by atoms with Crippen LogP contribution in [0.5, 0.6) is 0 Å². The molecule has 0 spiro atoms. The number of unbranched alkanes of at least 4 members (excludes halogenated alkanes) is 1. The molecule has 1 fully saturated rings. The highest BCUT2D eigenvalue weighted by molar-refractivity contribution is 5.73. The van der Waals surface area contributed by atoms with E-state index >= 15 is 0 Å². The first-order valence-corrected chi connectivity index (χ1v) is 9.09. The molecule has 0 unspecified atom stereocenters. The first kappa shape index (κ1) is 18.5. The normalized spacial score (nSPS) is 14.0.